The molecule has 1 aromatic heterocycles. The maximum atomic E-state index is 12.3. The smallest absolute Gasteiger partial charge is 0.322 e. The van der Waals surface area contributed by atoms with Crippen LogP contribution in [-0.2, 0) is 21.9 Å². The summed E-state index contributed by atoms with van der Waals surface area (Å²) in [5, 5.41) is 9.08. The fourth-order valence-corrected chi connectivity index (χ4v) is 3.24. The molecule has 1 amide bonds. The highest BCUT2D eigenvalue weighted by molar-refractivity contribution is 7.89. The molecule has 22 heavy (non-hydrogen) atoms. The zero-order valence-corrected chi connectivity index (χ0v) is 14.0. The first-order valence-corrected chi connectivity index (χ1v) is 8.09. The van der Waals surface area contributed by atoms with E-state index < -0.39 is 28.0 Å². The Balaban J connectivity index is 3.17. The molecule has 0 aliphatic carbocycles. The van der Waals surface area contributed by atoms with E-state index in [9.17, 15) is 18.0 Å². The van der Waals surface area contributed by atoms with Crippen molar-refractivity contribution >= 4 is 21.9 Å². The van der Waals surface area contributed by atoms with Gasteiger partial charge in [0.2, 0.25) is 10.0 Å². The minimum atomic E-state index is -4.03. The van der Waals surface area contributed by atoms with Crippen LogP contribution in [-0.4, -0.2) is 55.0 Å². The lowest BCUT2D eigenvalue weighted by atomic mass is 10.1. The quantitative estimate of drug-likeness (QED) is 0.769. The molecule has 1 rings (SSSR count). The number of aryl methyl sites for hydroxylation is 1. The van der Waals surface area contributed by atoms with E-state index in [4.69, 9.17) is 5.11 Å². The molecule has 0 radical (unpaired) electrons. The number of nitrogens with zero attached hydrogens (tertiary/aromatic N) is 2. The average Bonchev–Trinajstić information content (AvgIpc) is 2.77. The lowest BCUT2D eigenvalue weighted by Gasteiger charge is -2.17. The number of rotatable bonds is 6. The standard InChI is InChI=1S/C13H21N3O5S/c1-8(2)11(13(18)19)14-22(20,21)9-6-10(16(5)7-9)12(17)15(3)4/h6-8,11,14H,1-5H3,(H,18,19)/t11-/m1/s1. The lowest BCUT2D eigenvalue weighted by Crippen LogP contribution is -2.44. The van der Waals surface area contributed by atoms with Gasteiger partial charge in [-0.3, -0.25) is 9.59 Å². The van der Waals surface area contributed by atoms with Gasteiger partial charge in [0.1, 0.15) is 16.6 Å². The molecule has 9 heteroatoms. The van der Waals surface area contributed by atoms with Gasteiger partial charge in [-0.15, -0.1) is 0 Å². The molecule has 1 aromatic rings. The van der Waals surface area contributed by atoms with Gasteiger partial charge >= 0.3 is 5.97 Å². The minimum Gasteiger partial charge on any atom is -0.480 e. The van der Waals surface area contributed by atoms with Crippen molar-refractivity contribution in [1.82, 2.24) is 14.2 Å². The number of carbonyl (C=O) groups excluding carboxylic acids is 1. The van der Waals surface area contributed by atoms with Crippen molar-refractivity contribution in [2.75, 3.05) is 14.1 Å². The highest BCUT2D eigenvalue weighted by Crippen LogP contribution is 2.16. The number of aliphatic carboxylic acids is 1. The Morgan fingerprint density at radius 3 is 2.27 bits per heavy atom. The zero-order chi connectivity index (χ0) is 17.2. The van der Waals surface area contributed by atoms with Crippen molar-refractivity contribution in [2.45, 2.75) is 24.8 Å². The Hall–Kier alpha value is -1.87. The van der Waals surface area contributed by atoms with Gasteiger partial charge in [-0.05, 0) is 12.0 Å². The molecule has 0 unspecified atom stereocenters. The largest absolute Gasteiger partial charge is 0.480 e. The van der Waals surface area contributed by atoms with E-state index in [0.29, 0.717) is 0 Å². The second-order valence-corrected chi connectivity index (χ2v) is 7.27. The number of hydrogen-bond donors (Lipinski definition) is 2. The number of hydrogen-bond acceptors (Lipinski definition) is 4. The summed E-state index contributed by atoms with van der Waals surface area (Å²) in [4.78, 5) is 24.2. The molecule has 2 N–H and O–H groups in total. The van der Waals surface area contributed by atoms with Crippen LogP contribution in [0.5, 0.6) is 0 Å². The molecule has 0 aromatic carbocycles. The molecular formula is C13H21N3O5S. The molecule has 0 aliphatic heterocycles. The van der Waals surface area contributed by atoms with Crippen LogP contribution in [0.2, 0.25) is 0 Å². The van der Waals surface area contributed by atoms with Gasteiger partial charge in [-0.25, -0.2) is 8.42 Å². The molecule has 0 spiro atoms. The Bertz CT molecular complexity index is 676. The van der Waals surface area contributed by atoms with Crippen LogP contribution in [0.25, 0.3) is 0 Å². The average molecular weight is 331 g/mol. The van der Waals surface area contributed by atoms with Gasteiger partial charge in [0.25, 0.3) is 5.91 Å². The summed E-state index contributed by atoms with van der Waals surface area (Å²) in [6, 6.07) is -0.0117. The van der Waals surface area contributed by atoms with E-state index in [1.54, 1.807) is 35.0 Å². The summed E-state index contributed by atoms with van der Waals surface area (Å²) < 4.78 is 28.1. The summed E-state index contributed by atoms with van der Waals surface area (Å²) in [6.07, 6.45) is 1.28. The molecule has 124 valence electrons. The van der Waals surface area contributed by atoms with Crippen LogP contribution in [0.3, 0.4) is 0 Å². The Kier molecular flexibility index (Phi) is 5.36. The second-order valence-electron chi connectivity index (χ2n) is 5.55. The molecule has 0 bridgehead atoms. The molecule has 0 saturated carbocycles. The first kappa shape index (κ1) is 18.2. The Labute approximate surface area is 129 Å². The van der Waals surface area contributed by atoms with Gasteiger partial charge in [-0.2, -0.15) is 4.72 Å². The SMILES string of the molecule is CC(C)[C@@H](NS(=O)(=O)c1cc(C(=O)N(C)C)n(C)c1)C(=O)O. The molecule has 1 heterocycles. The molecular weight excluding hydrogens is 310 g/mol. The van der Waals surface area contributed by atoms with Crippen molar-refractivity contribution in [2.24, 2.45) is 13.0 Å². The summed E-state index contributed by atoms with van der Waals surface area (Å²) in [5.74, 6) is -2.01. The number of carboxylic acids is 1. The van der Waals surface area contributed by atoms with Crippen molar-refractivity contribution in [1.29, 1.82) is 0 Å². The molecule has 0 aliphatic rings. The Morgan fingerprint density at radius 2 is 1.86 bits per heavy atom. The molecule has 8 nitrogen and oxygen atoms in total. The van der Waals surface area contributed by atoms with Crippen molar-refractivity contribution in [3.05, 3.63) is 18.0 Å². The van der Waals surface area contributed by atoms with Crippen molar-refractivity contribution < 1.29 is 23.1 Å². The maximum absolute atomic E-state index is 12.3. The Morgan fingerprint density at radius 1 is 1.32 bits per heavy atom. The number of carbonyl (C=O) groups is 2. The topological polar surface area (TPSA) is 109 Å². The highest BCUT2D eigenvalue weighted by Gasteiger charge is 2.29. The first-order chi connectivity index (χ1) is 9.97. The van der Waals surface area contributed by atoms with Gasteiger partial charge in [0, 0.05) is 27.3 Å². The monoisotopic (exact) mass is 331 g/mol. The lowest BCUT2D eigenvalue weighted by molar-refractivity contribution is -0.140. The van der Waals surface area contributed by atoms with E-state index in [0.717, 1.165) is 0 Å². The molecule has 1 atom stereocenters. The van der Waals surface area contributed by atoms with Crippen LogP contribution in [0, 0.1) is 5.92 Å². The van der Waals surface area contributed by atoms with Crippen molar-refractivity contribution in [3.63, 3.8) is 0 Å². The summed E-state index contributed by atoms with van der Waals surface area (Å²) in [5.41, 5.74) is 0.196. The van der Waals surface area contributed by atoms with Crippen molar-refractivity contribution in [3.8, 4) is 0 Å². The second kappa shape index (κ2) is 6.49. The minimum absolute atomic E-state index is 0.146. The van der Waals surface area contributed by atoms with Gasteiger partial charge in [0.15, 0.2) is 0 Å². The third-order valence-corrected chi connectivity index (χ3v) is 4.54. The number of aromatic nitrogens is 1. The van der Waals surface area contributed by atoms with Gasteiger partial charge < -0.3 is 14.6 Å². The highest BCUT2D eigenvalue weighted by atomic mass is 32.2. The number of nitrogens with one attached hydrogen (secondary N) is 1. The summed E-state index contributed by atoms with van der Waals surface area (Å²) in [6.45, 7) is 3.21. The zero-order valence-electron chi connectivity index (χ0n) is 13.2. The normalized spacial score (nSPS) is 13.2. The molecule has 0 fully saturated rings. The third kappa shape index (κ3) is 3.86. The fraction of sp³-hybridized carbons (Fsp3) is 0.538. The number of amides is 1. The molecule has 0 saturated heterocycles. The summed E-state index contributed by atoms with van der Waals surface area (Å²) in [7, 11) is 0.629. The predicted molar refractivity (Wildman–Crippen MR) is 80.0 cm³/mol. The van der Waals surface area contributed by atoms with Crippen LogP contribution in [0.4, 0.5) is 0 Å². The van der Waals surface area contributed by atoms with Crippen LogP contribution in [0.15, 0.2) is 17.2 Å². The van der Waals surface area contributed by atoms with E-state index in [1.807, 2.05) is 0 Å². The first-order valence-electron chi connectivity index (χ1n) is 6.60. The van der Waals surface area contributed by atoms with E-state index in [2.05, 4.69) is 4.72 Å². The third-order valence-electron chi connectivity index (χ3n) is 3.13. The maximum Gasteiger partial charge on any atom is 0.322 e. The number of sulfonamides is 1. The van der Waals surface area contributed by atoms with Gasteiger partial charge in [-0.1, -0.05) is 13.8 Å². The summed E-state index contributed by atoms with van der Waals surface area (Å²) >= 11 is 0. The fourth-order valence-electron chi connectivity index (χ4n) is 1.83. The van der Waals surface area contributed by atoms with E-state index >= 15 is 0 Å². The van der Waals surface area contributed by atoms with E-state index in [-0.39, 0.29) is 16.5 Å². The number of carboxylic acid groups (broad SMARTS) is 1. The van der Waals surface area contributed by atoms with Crippen LogP contribution >= 0.6 is 0 Å². The van der Waals surface area contributed by atoms with E-state index in [1.165, 1.54) is 21.7 Å². The van der Waals surface area contributed by atoms with Crippen LogP contribution < -0.4 is 4.72 Å². The van der Waals surface area contributed by atoms with Gasteiger partial charge in [0.05, 0.1) is 0 Å². The predicted octanol–water partition coefficient (Wildman–Crippen LogP) is 0.114. The van der Waals surface area contributed by atoms with Crippen LogP contribution in [0.1, 0.15) is 24.3 Å².